The van der Waals surface area contributed by atoms with Crippen LogP contribution in [-0.2, 0) is 13.0 Å². The number of anilines is 1. The van der Waals surface area contributed by atoms with E-state index in [2.05, 4.69) is 25.2 Å². The minimum atomic E-state index is 0.357. The fraction of sp³-hybridized carbons (Fsp3) is 0.333. The molecule has 96 valence electrons. The van der Waals surface area contributed by atoms with Crippen LogP contribution in [0.2, 0.25) is 0 Å². The van der Waals surface area contributed by atoms with E-state index < -0.39 is 0 Å². The Morgan fingerprint density at radius 1 is 1.33 bits per heavy atom. The summed E-state index contributed by atoms with van der Waals surface area (Å²) in [7, 11) is 0. The first kappa shape index (κ1) is 12.7. The summed E-state index contributed by atoms with van der Waals surface area (Å²) in [5, 5.41) is 3.47. The largest absolute Gasteiger partial charge is 0.469 e. The van der Waals surface area contributed by atoms with Crippen molar-refractivity contribution >= 4 is 5.69 Å². The van der Waals surface area contributed by atoms with Crippen molar-refractivity contribution < 1.29 is 4.42 Å². The minimum absolute atomic E-state index is 0.357. The summed E-state index contributed by atoms with van der Waals surface area (Å²) in [6.45, 7) is 5.01. The molecule has 0 amide bonds. The van der Waals surface area contributed by atoms with Crippen LogP contribution < -0.4 is 11.1 Å². The van der Waals surface area contributed by atoms with Crippen molar-refractivity contribution in [3.63, 3.8) is 0 Å². The van der Waals surface area contributed by atoms with E-state index in [0.29, 0.717) is 6.04 Å². The summed E-state index contributed by atoms with van der Waals surface area (Å²) < 4.78 is 5.33. The molecule has 3 N–H and O–H groups in total. The molecule has 1 aromatic carbocycles. The number of rotatable bonds is 5. The van der Waals surface area contributed by atoms with Gasteiger partial charge in [0.05, 0.1) is 6.26 Å². The molecule has 0 saturated carbocycles. The summed E-state index contributed by atoms with van der Waals surface area (Å²) in [5.74, 6) is 1.01. The topological polar surface area (TPSA) is 51.2 Å². The molecule has 1 unspecified atom stereocenters. The maximum absolute atomic E-state index is 5.95. The molecule has 0 aliphatic rings. The second kappa shape index (κ2) is 5.74. The van der Waals surface area contributed by atoms with Gasteiger partial charge in [0.2, 0.25) is 0 Å². The summed E-state index contributed by atoms with van der Waals surface area (Å²) >= 11 is 0. The molecule has 0 radical (unpaired) electrons. The normalized spacial score (nSPS) is 12.6. The van der Waals surface area contributed by atoms with E-state index in [4.69, 9.17) is 10.2 Å². The fourth-order valence-corrected chi connectivity index (χ4v) is 1.97. The quantitative estimate of drug-likeness (QED) is 0.795. The molecule has 0 aliphatic carbocycles. The minimum Gasteiger partial charge on any atom is -0.469 e. The van der Waals surface area contributed by atoms with Gasteiger partial charge in [-0.15, -0.1) is 0 Å². The molecule has 2 aromatic rings. The van der Waals surface area contributed by atoms with Crippen molar-refractivity contribution in [2.45, 2.75) is 32.9 Å². The molecule has 0 spiro atoms. The van der Waals surface area contributed by atoms with Gasteiger partial charge in [-0.2, -0.15) is 0 Å². The highest BCUT2D eigenvalue weighted by molar-refractivity contribution is 5.48. The average Bonchev–Trinajstić information content (AvgIpc) is 2.83. The third kappa shape index (κ3) is 3.37. The van der Waals surface area contributed by atoms with Gasteiger partial charge >= 0.3 is 0 Å². The molecule has 0 bridgehead atoms. The van der Waals surface area contributed by atoms with Crippen LogP contribution in [-0.4, -0.2) is 6.04 Å². The maximum atomic E-state index is 5.95. The summed E-state index contributed by atoms with van der Waals surface area (Å²) in [6.07, 6.45) is 2.60. The van der Waals surface area contributed by atoms with Gasteiger partial charge in [-0.05, 0) is 37.6 Å². The van der Waals surface area contributed by atoms with Gasteiger partial charge < -0.3 is 15.5 Å². The zero-order valence-corrected chi connectivity index (χ0v) is 10.9. The van der Waals surface area contributed by atoms with Gasteiger partial charge in [0.25, 0.3) is 0 Å². The molecule has 0 aliphatic heterocycles. The number of hydrogen-bond donors (Lipinski definition) is 2. The zero-order chi connectivity index (χ0) is 13.0. The van der Waals surface area contributed by atoms with E-state index in [1.54, 1.807) is 6.26 Å². The number of furan rings is 1. The van der Waals surface area contributed by atoms with E-state index >= 15 is 0 Å². The lowest BCUT2D eigenvalue weighted by molar-refractivity contribution is 0.456. The van der Waals surface area contributed by atoms with Gasteiger partial charge in [0.1, 0.15) is 5.76 Å². The summed E-state index contributed by atoms with van der Waals surface area (Å²) in [6, 6.07) is 10.4. The first-order valence-electron chi connectivity index (χ1n) is 6.26. The second-order valence-corrected chi connectivity index (χ2v) is 4.77. The number of benzene rings is 1. The lowest BCUT2D eigenvalue weighted by Crippen LogP contribution is -2.27. The van der Waals surface area contributed by atoms with Crippen molar-refractivity contribution in [1.82, 2.24) is 5.32 Å². The van der Waals surface area contributed by atoms with Crippen molar-refractivity contribution in [2.24, 2.45) is 0 Å². The van der Waals surface area contributed by atoms with Crippen LogP contribution in [0.4, 0.5) is 5.69 Å². The van der Waals surface area contributed by atoms with E-state index in [1.165, 1.54) is 5.56 Å². The third-order valence-corrected chi connectivity index (χ3v) is 3.03. The number of nitrogens with two attached hydrogens (primary N) is 1. The molecule has 3 nitrogen and oxygen atoms in total. The molecule has 18 heavy (non-hydrogen) atoms. The van der Waals surface area contributed by atoms with Crippen molar-refractivity contribution in [2.75, 3.05) is 5.73 Å². The lowest BCUT2D eigenvalue weighted by Gasteiger charge is -2.14. The second-order valence-electron chi connectivity index (χ2n) is 4.77. The van der Waals surface area contributed by atoms with Gasteiger partial charge in [0.15, 0.2) is 0 Å². The Kier molecular flexibility index (Phi) is 4.05. The number of nitrogens with one attached hydrogen (secondary N) is 1. The zero-order valence-electron chi connectivity index (χ0n) is 10.9. The maximum Gasteiger partial charge on any atom is 0.105 e. The molecular weight excluding hydrogens is 224 g/mol. The van der Waals surface area contributed by atoms with Crippen LogP contribution in [0.3, 0.4) is 0 Å². The van der Waals surface area contributed by atoms with Crippen molar-refractivity contribution in [3.05, 3.63) is 53.5 Å². The Morgan fingerprint density at radius 3 is 2.89 bits per heavy atom. The molecular formula is C15H20N2O. The summed E-state index contributed by atoms with van der Waals surface area (Å²) in [5.41, 5.74) is 9.19. The first-order valence-corrected chi connectivity index (χ1v) is 6.26. The third-order valence-electron chi connectivity index (χ3n) is 3.03. The van der Waals surface area contributed by atoms with E-state index in [0.717, 1.165) is 30.0 Å². The molecule has 1 heterocycles. The Morgan fingerprint density at radius 2 is 2.17 bits per heavy atom. The summed E-state index contributed by atoms with van der Waals surface area (Å²) in [4.78, 5) is 0. The van der Waals surface area contributed by atoms with Gasteiger partial charge in [-0.25, -0.2) is 0 Å². The predicted molar refractivity (Wildman–Crippen MR) is 74.3 cm³/mol. The van der Waals surface area contributed by atoms with E-state index in [-0.39, 0.29) is 0 Å². The highest BCUT2D eigenvalue weighted by Crippen LogP contribution is 2.14. The van der Waals surface area contributed by atoms with Crippen molar-refractivity contribution in [3.8, 4) is 0 Å². The van der Waals surface area contributed by atoms with E-state index in [9.17, 15) is 0 Å². The lowest BCUT2D eigenvalue weighted by atomic mass is 10.1. The van der Waals surface area contributed by atoms with Crippen LogP contribution in [0.15, 0.2) is 41.0 Å². The monoisotopic (exact) mass is 244 g/mol. The van der Waals surface area contributed by atoms with Crippen LogP contribution in [0.25, 0.3) is 0 Å². The molecule has 0 saturated heterocycles. The van der Waals surface area contributed by atoms with E-state index in [1.807, 2.05) is 24.3 Å². The van der Waals surface area contributed by atoms with Crippen LogP contribution in [0, 0.1) is 6.92 Å². The Balaban J connectivity index is 1.89. The SMILES string of the molecule is Cc1ccc(N)c(CNC(C)Cc2ccco2)c1. The Labute approximate surface area is 108 Å². The number of nitrogen functional groups attached to an aromatic ring is 1. The van der Waals surface area contributed by atoms with Crippen molar-refractivity contribution in [1.29, 1.82) is 0 Å². The molecule has 0 fully saturated rings. The fourth-order valence-electron chi connectivity index (χ4n) is 1.97. The standard InChI is InChI=1S/C15H20N2O/c1-11-5-6-15(16)13(8-11)10-17-12(2)9-14-4-3-7-18-14/h3-8,12,17H,9-10,16H2,1-2H3. The molecule has 2 rings (SSSR count). The number of hydrogen-bond acceptors (Lipinski definition) is 3. The van der Waals surface area contributed by atoms with Gasteiger partial charge in [-0.1, -0.05) is 17.7 Å². The molecule has 1 atom stereocenters. The van der Waals surface area contributed by atoms with Gasteiger partial charge in [-0.3, -0.25) is 0 Å². The smallest absolute Gasteiger partial charge is 0.105 e. The average molecular weight is 244 g/mol. The highest BCUT2D eigenvalue weighted by atomic mass is 16.3. The van der Waals surface area contributed by atoms with Gasteiger partial charge in [0, 0.05) is 24.7 Å². The Bertz CT molecular complexity index is 491. The molecule has 1 aromatic heterocycles. The van der Waals surface area contributed by atoms with Crippen LogP contribution >= 0.6 is 0 Å². The Hall–Kier alpha value is -1.74. The predicted octanol–water partition coefficient (Wildman–Crippen LogP) is 2.89. The number of aryl methyl sites for hydroxylation is 1. The molecule has 3 heteroatoms. The first-order chi connectivity index (χ1) is 8.65. The van der Waals surface area contributed by atoms with Crippen LogP contribution in [0.1, 0.15) is 23.8 Å². The highest BCUT2D eigenvalue weighted by Gasteiger charge is 2.06. The van der Waals surface area contributed by atoms with Crippen LogP contribution in [0.5, 0.6) is 0 Å².